The van der Waals surface area contributed by atoms with Crippen LogP contribution in [-0.4, -0.2) is 51.8 Å². The van der Waals surface area contributed by atoms with Crippen LogP contribution in [0.5, 0.6) is 0 Å². The smallest absolute Gasteiger partial charge is 0.255 e. The minimum Gasteiger partial charge on any atom is -0.395 e. The number of carbonyl (C=O) groups excluding carboxylic acids is 1. The van der Waals surface area contributed by atoms with Gasteiger partial charge in [0.2, 0.25) is 0 Å². The van der Waals surface area contributed by atoms with Gasteiger partial charge < -0.3 is 15.1 Å². The standard InChI is InChI=1S/C14H16N2O3/c17-6-1-2-11-8-12(10-15-9-11)14(19)16(5-7-18)13-3-4-13/h8-10,13,17-18H,3-7H2. The number of hydrogen-bond acceptors (Lipinski definition) is 4. The van der Waals surface area contributed by atoms with E-state index in [2.05, 4.69) is 16.8 Å². The van der Waals surface area contributed by atoms with E-state index in [9.17, 15) is 4.79 Å². The highest BCUT2D eigenvalue weighted by atomic mass is 16.3. The molecule has 1 aliphatic rings. The lowest BCUT2D eigenvalue weighted by Gasteiger charge is -2.21. The van der Waals surface area contributed by atoms with Gasteiger partial charge in [-0.05, 0) is 18.9 Å². The number of pyridine rings is 1. The molecule has 1 aromatic heterocycles. The second kappa shape index (κ2) is 6.32. The summed E-state index contributed by atoms with van der Waals surface area (Å²) in [6, 6.07) is 1.90. The number of rotatable bonds is 4. The molecule has 1 saturated carbocycles. The summed E-state index contributed by atoms with van der Waals surface area (Å²) in [4.78, 5) is 18.0. The number of aliphatic hydroxyl groups is 2. The van der Waals surface area contributed by atoms with Crippen molar-refractivity contribution in [2.75, 3.05) is 19.8 Å². The van der Waals surface area contributed by atoms with Crippen molar-refractivity contribution in [3.05, 3.63) is 29.6 Å². The molecule has 0 unspecified atom stereocenters. The van der Waals surface area contributed by atoms with Gasteiger partial charge in [0, 0.05) is 30.5 Å². The van der Waals surface area contributed by atoms with Crippen LogP contribution in [0.2, 0.25) is 0 Å². The van der Waals surface area contributed by atoms with Gasteiger partial charge in [0.1, 0.15) is 6.61 Å². The van der Waals surface area contributed by atoms with Crippen molar-refractivity contribution in [1.82, 2.24) is 9.88 Å². The Balaban J connectivity index is 2.17. The van der Waals surface area contributed by atoms with Crippen molar-refractivity contribution in [3.63, 3.8) is 0 Å². The van der Waals surface area contributed by atoms with E-state index < -0.39 is 0 Å². The number of nitrogens with zero attached hydrogens (tertiary/aromatic N) is 2. The lowest BCUT2D eigenvalue weighted by atomic mass is 10.2. The van der Waals surface area contributed by atoms with Gasteiger partial charge in [-0.25, -0.2) is 0 Å². The summed E-state index contributed by atoms with van der Waals surface area (Å²) < 4.78 is 0. The van der Waals surface area contributed by atoms with Crippen LogP contribution in [0.3, 0.4) is 0 Å². The van der Waals surface area contributed by atoms with Crippen LogP contribution in [0.25, 0.3) is 0 Å². The van der Waals surface area contributed by atoms with Gasteiger partial charge in [-0.3, -0.25) is 9.78 Å². The molecule has 5 heteroatoms. The molecule has 19 heavy (non-hydrogen) atoms. The SMILES string of the molecule is O=C(c1cncc(C#CCO)c1)N(CCO)C1CC1. The molecule has 2 rings (SSSR count). The molecule has 0 bridgehead atoms. The molecule has 1 amide bonds. The quantitative estimate of drug-likeness (QED) is 0.749. The zero-order chi connectivity index (χ0) is 13.7. The van der Waals surface area contributed by atoms with Crippen molar-refractivity contribution in [3.8, 4) is 11.8 Å². The molecule has 0 aliphatic heterocycles. The van der Waals surface area contributed by atoms with Crippen LogP contribution in [0.4, 0.5) is 0 Å². The highest BCUT2D eigenvalue weighted by molar-refractivity contribution is 5.94. The van der Waals surface area contributed by atoms with E-state index in [0.717, 1.165) is 12.8 Å². The minimum atomic E-state index is -0.225. The molecule has 0 radical (unpaired) electrons. The van der Waals surface area contributed by atoms with Gasteiger partial charge in [-0.2, -0.15) is 0 Å². The van der Waals surface area contributed by atoms with E-state index in [0.29, 0.717) is 17.7 Å². The predicted molar refractivity (Wildman–Crippen MR) is 69.3 cm³/mol. The second-order valence-electron chi connectivity index (χ2n) is 4.38. The van der Waals surface area contributed by atoms with E-state index in [1.54, 1.807) is 17.2 Å². The van der Waals surface area contributed by atoms with Gasteiger partial charge in [0.15, 0.2) is 0 Å². The molecule has 1 aromatic rings. The fourth-order valence-corrected chi connectivity index (χ4v) is 1.88. The maximum atomic E-state index is 12.3. The lowest BCUT2D eigenvalue weighted by Crippen LogP contribution is -2.35. The van der Waals surface area contributed by atoms with Crippen LogP contribution < -0.4 is 0 Å². The summed E-state index contributed by atoms with van der Waals surface area (Å²) in [6.45, 7) is 0.0760. The Kier molecular flexibility index (Phi) is 4.50. The second-order valence-corrected chi connectivity index (χ2v) is 4.38. The largest absolute Gasteiger partial charge is 0.395 e. The maximum Gasteiger partial charge on any atom is 0.255 e. The first kappa shape index (κ1) is 13.5. The number of aromatic nitrogens is 1. The molecule has 100 valence electrons. The van der Waals surface area contributed by atoms with Crippen molar-refractivity contribution < 1.29 is 15.0 Å². The third-order valence-corrected chi connectivity index (χ3v) is 2.89. The van der Waals surface area contributed by atoms with Crippen LogP contribution in [0.15, 0.2) is 18.5 Å². The van der Waals surface area contributed by atoms with Gasteiger partial charge in [0.05, 0.1) is 12.2 Å². The fourth-order valence-electron chi connectivity index (χ4n) is 1.88. The summed E-state index contributed by atoms with van der Waals surface area (Å²) in [5, 5.41) is 17.7. The van der Waals surface area contributed by atoms with E-state index in [-0.39, 0.29) is 25.2 Å². The summed E-state index contributed by atoms with van der Waals surface area (Å²) >= 11 is 0. The predicted octanol–water partition coefficient (Wildman–Crippen LogP) is 0.0223. The molecule has 1 fully saturated rings. The average Bonchev–Trinajstić information content (AvgIpc) is 3.26. The lowest BCUT2D eigenvalue weighted by molar-refractivity contribution is 0.0707. The summed E-state index contributed by atoms with van der Waals surface area (Å²) in [5.41, 5.74) is 1.06. The van der Waals surface area contributed by atoms with Gasteiger partial charge in [0.25, 0.3) is 5.91 Å². The van der Waals surface area contributed by atoms with Gasteiger partial charge >= 0.3 is 0 Å². The summed E-state index contributed by atoms with van der Waals surface area (Å²) in [5.74, 6) is 5.12. The molecule has 2 N–H and O–H groups in total. The van der Waals surface area contributed by atoms with Crippen LogP contribution >= 0.6 is 0 Å². The normalized spacial score (nSPS) is 13.6. The van der Waals surface area contributed by atoms with E-state index >= 15 is 0 Å². The zero-order valence-corrected chi connectivity index (χ0v) is 10.5. The Bertz CT molecular complexity index is 515. The first-order valence-electron chi connectivity index (χ1n) is 6.23. The molecular formula is C14H16N2O3. The Morgan fingerprint density at radius 3 is 2.84 bits per heavy atom. The summed E-state index contributed by atoms with van der Waals surface area (Å²) in [6.07, 6.45) is 5.03. The first-order chi connectivity index (χ1) is 9.26. The molecular weight excluding hydrogens is 244 g/mol. The van der Waals surface area contributed by atoms with E-state index in [1.807, 2.05) is 0 Å². The Labute approximate surface area is 111 Å². The van der Waals surface area contributed by atoms with Crippen molar-refractivity contribution >= 4 is 5.91 Å². The average molecular weight is 260 g/mol. The topological polar surface area (TPSA) is 73.7 Å². The molecule has 1 aliphatic carbocycles. The number of aliphatic hydroxyl groups excluding tert-OH is 2. The van der Waals surface area contributed by atoms with Crippen LogP contribution in [-0.2, 0) is 0 Å². The number of carbonyl (C=O) groups is 1. The van der Waals surface area contributed by atoms with Crippen LogP contribution in [0.1, 0.15) is 28.8 Å². The third kappa shape index (κ3) is 3.53. The maximum absolute atomic E-state index is 12.3. The molecule has 0 atom stereocenters. The fraction of sp³-hybridized carbons (Fsp3) is 0.429. The minimum absolute atomic E-state index is 0.0420. The highest BCUT2D eigenvalue weighted by Crippen LogP contribution is 2.27. The van der Waals surface area contributed by atoms with Crippen molar-refractivity contribution in [2.24, 2.45) is 0 Å². The van der Waals surface area contributed by atoms with Crippen molar-refractivity contribution in [2.45, 2.75) is 18.9 Å². The molecule has 0 aromatic carbocycles. The highest BCUT2D eigenvalue weighted by Gasteiger charge is 2.32. The third-order valence-electron chi connectivity index (χ3n) is 2.89. The van der Waals surface area contributed by atoms with E-state index in [1.165, 1.54) is 6.20 Å². The van der Waals surface area contributed by atoms with Crippen LogP contribution in [0, 0.1) is 11.8 Å². The zero-order valence-electron chi connectivity index (χ0n) is 10.5. The molecule has 0 spiro atoms. The Morgan fingerprint density at radius 2 is 2.21 bits per heavy atom. The molecule has 1 heterocycles. The Hall–Kier alpha value is -1.90. The van der Waals surface area contributed by atoms with E-state index in [4.69, 9.17) is 10.2 Å². The summed E-state index contributed by atoms with van der Waals surface area (Å²) in [7, 11) is 0. The Morgan fingerprint density at radius 1 is 1.42 bits per heavy atom. The first-order valence-corrected chi connectivity index (χ1v) is 6.23. The molecule has 0 saturated heterocycles. The number of hydrogen-bond donors (Lipinski definition) is 2. The monoisotopic (exact) mass is 260 g/mol. The van der Waals surface area contributed by atoms with Crippen molar-refractivity contribution in [1.29, 1.82) is 0 Å². The van der Waals surface area contributed by atoms with Gasteiger partial charge in [-0.1, -0.05) is 11.8 Å². The molecule has 5 nitrogen and oxygen atoms in total. The van der Waals surface area contributed by atoms with Gasteiger partial charge in [-0.15, -0.1) is 0 Å². The number of amides is 1.